The maximum absolute atomic E-state index is 13.1. The Bertz CT molecular complexity index is 625. The van der Waals surface area contributed by atoms with Crippen LogP contribution in [0.25, 0.3) is 0 Å². The first kappa shape index (κ1) is 13.6. The quantitative estimate of drug-likeness (QED) is 0.822. The van der Waals surface area contributed by atoms with Gasteiger partial charge in [-0.3, -0.25) is 4.79 Å². The average Bonchev–Trinajstić information content (AvgIpc) is 3.12. The lowest BCUT2D eigenvalue weighted by Gasteiger charge is -2.22. The molecule has 1 saturated carbocycles. The number of carbonyl (C=O) groups excluding carboxylic acids is 1. The van der Waals surface area contributed by atoms with Crippen molar-refractivity contribution in [1.82, 2.24) is 4.90 Å². The molecule has 0 aliphatic heterocycles. The Morgan fingerprint density at radius 1 is 1.40 bits per heavy atom. The number of benzene rings is 1. The zero-order valence-electron chi connectivity index (χ0n) is 10.7. The van der Waals surface area contributed by atoms with Crippen molar-refractivity contribution in [2.45, 2.75) is 25.4 Å². The first-order valence-corrected chi connectivity index (χ1v) is 7.69. The molecule has 3 rings (SSSR count). The third kappa shape index (κ3) is 2.86. The van der Waals surface area contributed by atoms with Gasteiger partial charge in [0.05, 0.1) is 17.1 Å². The fraction of sp³-hybridized carbons (Fsp3) is 0.267. The number of carbonyl (C=O) groups is 1. The fourth-order valence-corrected chi connectivity index (χ4v) is 3.09. The molecule has 1 aliphatic carbocycles. The highest BCUT2D eigenvalue weighted by atomic mass is 35.5. The van der Waals surface area contributed by atoms with E-state index in [-0.39, 0.29) is 17.0 Å². The van der Waals surface area contributed by atoms with Gasteiger partial charge in [0.1, 0.15) is 5.82 Å². The molecule has 1 aromatic carbocycles. The van der Waals surface area contributed by atoms with E-state index in [0.717, 1.165) is 17.7 Å². The van der Waals surface area contributed by atoms with Crippen LogP contribution < -0.4 is 0 Å². The van der Waals surface area contributed by atoms with E-state index >= 15 is 0 Å². The first-order valence-electron chi connectivity index (χ1n) is 6.43. The van der Waals surface area contributed by atoms with E-state index in [1.165, 1.54) is 18.2 Å². The number of amides is 1. The maximum atomic E-state index is 13.1. The summed E-state index contributed by atoms with van der Waals surface area (Å²) < 4.78 is 13.1. The topological polar surface area (TPSA) is 20.3 Å². The minimum atomic E-state index is -0.428. The molecule has 1 aliphatic rings. The molecule has 1 heterocycles. The third-order valence-electron chi connectivity index (χ3n) is 3.32. The zero-order chi connectivity index (χ0) is 14.1. The summed E-state index contributed by atoms with van der Waals surface area (Å²) >= 11 is 7.62. The van der Waals surface area contributed by atoms with Gasteiger partial charge in [-0.25, -0.2) is 4.39 Å². The van der Waals surface area contributed by atoms with E-state index in [1.807, 2.05) is 22.4 Å². The number of hydrogen-bond donors (Lipinski definition) is 0. The van der Waals surface area contributed by atoms with Gasteiger partial charge in [-0.15, -0.1) is 11.3 Å². The highest BCUT2D eigenvalue weighted by molar-refractivity contribution is 7.09. The van der Waals surface area contributed by atoms with Gasteiger partial charge in [0.15, 0.2) is 0 Å². The summed E-state index contributed by atoms with van der Waals surface area (Å²) in [5.74, 6) is -0.548. The number of halogens is 2. The van der Waals surface area contributed by atoms with E-state index in [0.29, 0.717) is 12.1 Å². The lowest BCUT2D eigenvalue weighted by molar-refractivity contribution is 0.0732. The van der Waals surface area contributed by atoms with Crippen LogP contribution in [0.1, 0.15) is 28.1 Å². The molecule has 2 nitrogen and oxygen atoms in total. The lowest BCUT2D eigenvalue weighted by Crippen LogP contribution is -2.32. The number of rotatable bonds is 4. The van der Waals surface area contributed by atoms with Crippen LogP contribution in [0.4, 0.5) is 4.39 Å². The Balaban J connectivity index is 1.85. The van der Waals surface area contributed by atoms with Crippen molar-refractivity contribution in [3.05, 3.63) is 57.0 Å². The predicted molar refractivity (Wildman–Crippen MR) is 78.6 cm³/mol. The number of thiophene rings is 1. The van der Waals surface area contributed by atoms with Crippen molar-refractivity contribution in [3.63, 3.8) is 0 Å². The van der Waals surface area contributed by atoms with Gasteiger partial charge in [-0.2, -0.15) is 0 Å². The van der Waals surface area contributed by atoms with Crippen LogP contribution in [-0.2, 0) is 6.54 Å². The Labute approximate surface area is 125 Å². The summed E-state index contributed by atoms with van der Waals surface area (Å²) in [6.45, 7) is 0.592. The Morgan fingerprint density at radius 2 is 2.20 bits per heavy atom. The van der Waals surface area contributed by atoms with Crippen molar-refractivity contribution < 1.29 is 9.18 Å². The third-order valence-corrected chi connectivity index (χ3v) is 4.49. The van der Waals surface area contributed by atoms with Crippen molar-refractivity contribution in [3.8, 4) is 0 Å². The molecule has 0 spiro atoms. The molecule has 0 N–H and O–H groups in total. The molecule has 2 aromatic rings. The molecule has 1 fully saturated rings. The Morgan fingerprint density at radius 3 is 2.80 bits per heavy atom. The highest BCUT2D eigenvalue weighted by Gasteiger charge is 2.33. The second kappa shape index (κ2) is 5.54. The van der Waals surface area contributed by atoms with E-state index in [4.69, 9.17) is 11.6 Å². The van der Waals surface area contributed by atoms with Crippen LogP contribution in [0.5, 0.6) is 0 Å². The van der Waals surface area contributed by atoms with E-state index in [9.17, 15) is 9.18 Å². The molecule has 0 atom stereocenters. The van der Waals surface area contributed by atoms with Gasteiger partial charge in [-0.1, -0.05) is 17.7 Å². The van der Waals surface area contributed by atoms with Crippen LogP contribution >= 0.6 is 22.9 Å². The molecule has 1 amide bonds. The van der Waals surface area contributed by atoms with Crippen molar-refractivity contribution in [2.24, 2.45) is 0 Å². The molecule has 0 radical (unpaired) electrons. The summed E-state index contributed by atoms with van der Waals surface area (Å²) in [7, 11) is 0. The van der Waals surface area contributed by atoms with Crippen LogP contribution in [0, 0.1) is 5.82 Å². The van der Waals surface area contributed by atoms with Crippen LogP contribution in [-0.4, -0.2) is 16.8 Å². The smallest absolute Gasteiger partial charge is 0.255 e. The molecule has 1 aromatic heterocycles. The first-order chi connectivity index (χ1) is 9.65. The van der Waals surface area contributed by atoms with Gasteiger partial charge in [0, 0.05) is 10.9 Å². The van der Waals surface area contributed by atoms with Crippen LogP contribution in [0.3, 0.4) is 0 Å². The normalized spacial score (nSPS) is 14.3. The van der Waals surface area contributed by atoms with E-state index in [1.54, 1.807) is 11.3 Å². The maximum Gasteiger partial charge on any atom is 0.255 e. The van der Waals surface area contributed by atoms with Crippen LogP contribution in [0.15, 0.2) is 35.7 Å². The molecule has 0 unspecified atom stereocenters. The van der Waals surface area contributed by atoms with Gasteiger partial charge in [0.25, 0.3) is 5.91 Å². The standard InChI is InChI=1S/C15H13ClFNOS/c16-14-8-10(17)3-6-13(14)15(19)18(11-4-5-11)9-12-2-1-7-20-12/h1-3,6-8,11H,4-5,9H2. The lowest BCUT2D eigenvalue weighted by atomic mass is 10.2. The summed E-state index contributed by atoms with van der Waals surface area (Å²) in [6, 6.07) is 8.19. The highest BCUT2D eigenvalue weighted by Crippen LogP contribution is 2.32. The molecule has 104 valence electrons. The molecule has 20 heavy (non-hydrogen) atoms. The summed E-state index contributed by atoms with van der Waals surface area (Å²) in [4.78, 5) is 15.6. The Kier molecular flexibility index (Phi) is 3.76. The van der Waals surface area contributed by atoms with Crippen molar-refractivity contribution >= 4 is 28.8 Å². The van der Waals surface area contributed by atoms with Gasteiger partial charge >= 0.3 is 0 Å². The monoisotopic (exact) mass is 309 g/mol. The van der Waals surface area contributed by atoms with Gasteiger partial charge < -0.3 is 4.90 Å². The Hall–Kier alpha value is -1.39. The molecule has 0 saturated heterocycles. The largest absolute Gasteiger partial charge is 0.330 e. The molecular formula is C15H13ClFNOS. The summed E-state index contributed by atoms with van der Waals surface area (Å²) in [5, 5.41) is 2.17. The second-order valence-electron chi connectivity index (χ2n) is 4.87. The SMILES string of the molecule is O=C(c1ccc(F)cc1Cl)N(Cc1cccs1)C1CC1. The number of nitrogens with zero attached hydrogens (tertiary/aromatic N) is 1. The summed E-state index contributed by atoms with van der Waals surface area (Å²) in [5.41, 5.74) is 0.372. The van der Waals surface area contributed by atoms with Gasteiger partial charge in [-0.05, 0) is 42.5 Å². The van der Waals surface area contributed by atoms with E-state index in [2.05, 4.69) is 0 Å². The van der Waals surface area contributed by atoms with Gasteiger partial charge in [0.2, 0.25) is 0 Å². The van der Waals surface area contributed by atoms with Crippen molar-refractivity contribution in [2.75, 3.05) is 0 Å². The summed E-state index contributed by atoms with van der Waals surface area (Å²) in [6.07, 6.45) is 2.05. The second-order valence-corrected chi connectivity index (χ2v) is 6.31. The minimum Gasteiger partial charge on any atom is -0.330 e. The molecule has 5 heteroatoms. The fourth-order valence-electron chi connectivity index (χ4n) is 2.14. The van der Waals surface area contributed by atoms with Crippen molar-refractivity contribution in [1.29, 1.82) is 0 Å². The number of hydrogen-bond acceptors (Lipinski definition) is 2. The predicted octanol–water partition coefficient (Wildman–Crippen LogP) is 4.35. The van der Waals surface area contributed by atoms with Crippen LogP contribution in [0.2, 0.25) is 5.02 Å². The van der Waals surface area contributed by atoms with E-state index < -0.39 is 5.82 Å². The average molecular weight is 310 g/mol. The zero-order valence-corrected chi connectivity index (χ0v) is 12.3. The minimum absolute atomic E-state index is 0.120. The molecular weight excluding hydrogens is 297 g/mol. The molecule has 0 bridgehead atoms.